The number of rotatable bonds is 3. The van der Waals surface area contributed by atoms with Crippen LogP contribution in [0, 0.1) is 5.41 Å². The van der Waals surface area contributed by atoms with Crippen molar-refractivity contribution in [3.05, 3.63) is 23.4 Å². The van der Waals surface area contributed by atoms with Crippen molar-refractivity contribution >= 4 is 17.4 Å². The van der Waals surface area contributed by atoms with Crippen LogP contribution < -0.4 is 10.2 Å². The van der Waals surface area contributed by atoms with E-state index in [1.165, 1.54) is 6.42 Å². The Balaban J connectivity index is 2.06. The monoisotopic (exact) mass is 239 g/mol. The van der Waals surface area contributed by atoms with Crippen molar-refractivity contribution in [2.24, 2.45) is 5.41 Å². The summed E-state index contributed by atoms with van der Waals surface area (Å²) in [5, 5.41) is 3.96. The highest BCUT2D eigenvalue weighted by Gasteiger charge is 2.33. The quantitative estimate of drug-likeness (QED) is 0.877. The third-order valence-electron chi connectivity index (χ3n) is 3.20. The Morgan fingerprint density at radius 2 is 2.38 bits per heavy atom. The fourth-order valence-electron chi connectivity index (χ4n) is 2.35. The summed E-state index contributed by atoms with van der Waals surface area (Å²) in [6, 6.07) is 3.89. The Morgan fingerprint density at radius 3 is 3.00 bits per heavy atom. The highest BCUT2D eigenvalue weighted by atomic mass is 35.5. The fraction of sp³-hybridized carbons (Fsp3) is 0.583. The van der Waals surface area contributed by atoms with E-state index < -0.39 is 0 Å². The molecule has 1 unspecified atom stereocenters. The Morgan fingerprint density at radius 1 is 1.56 bits per heavy atom. The van der Waals surface area contributed by atoms with E-state index in [-0.39, 0.29) is 0 Å². The molecule has 2 rings (SSSR count). The molecule has 1 saturated heterocycles. The van der Waals surface area contributed by atoms with Crippen molar-refractivity contribution in [2.75, 3.05) is 31.6 Å². The van der Waals surface area contributed by atoms with E-state index in [1.54, 1.807) is 6.20 Å². The van der Waals surface area contributed by atoms with Crippen molar-refractivity contribution < 1.29 is 0 Å². The fourth-order valence-corrected chi connectivity index (χ4v) is 2.46. The van der Waals surface area contributed by atoms with Gasteiger partial charge in [-0.1, -0.05) is 18.5 Å². The van der Waals surface area contributed by atoms with E-state index in [4.69, 9.17) is 11.6 Å². The second kappa shape index (κ2) is 4.60. The number of aromatic nitrogens is 1. The molecule has 3 nitrogen and oxygen atoms in total. The van der Waals surface area contributed by atoms with Crippen LogP contribution in [-0.2, 0) is 0 Å². The number of nitrogens with one attached hydrogen (secondary N) is 1. The van der Waals surface area contributed by atoms with Crippen LogP contribution in [0.5, 0.6) is 0 Å². The zero-order valence-corrected chi connectivity index (χ0v) is 10.6. The first-order valence-electron chi connectivity index (χ1n) is 5.64. The third kappa shape index (κ3) is 2.47. The largest absolute Gasteiger partial charge is 0.356 e. The van der Waals surface area contributed by atoms with Crippen molar-refractivity contribution in [1.29, 1.82) is 0 Å². The van der Waals surface area contributed by atoms with E-state index in [0.29, 0.717) is 10.4 Å². The summed E-state index contributed by atoms with van der Waals surface area (Å²) in [4.78, 5) is 6.69. The minimum atomic E-state index is 0.357. The first kappa shape index (κ1) is 11.7. The van der Waals surface area contributed by atoms with Crippen LogP contribution in [0.3, 0.4) is 0 Å². The van der Waals surface area contributed by atoms with Gasteiger partial charge in [-0.2, -0.15) is 0 Å². The molecular formula is C12H18ClN3. The van der Waals surface area contributed by atoms with E-state index in [9.17, 15) is 0 Å². The van der Waals surface area contributed by atoms with Crippen molar-refractivity contribution in [1.82, 2.24) is 10.3 Å². The van der Waals surface area contributed by atoms with Gasteiger partial charge in [0.1, 0.15) is 5.82 Å². The molecule has 0 saturated carbocycles. The van der Waals surface area contributed by atoms with E-state index >= 15 is 0 Å². The summed E-state index contributed by atoms with van der Waals surface area (Å²) in [6.45, 7) is 5.51. The average molecular weight is 240 g/mol. The molecule has 1 atom stereocenters. The smallest absolute Gasteiger partial charge is 0.128 e. The summed E-state index contributed by atoms with van der Waals surface area (Å²) < 4.78 is 0. The van der Waals surface area contributed by atoms with Crippen LogP contribution >= 0.6 is 11.6 Å². The molecule has 0 bridgehead atoms. The molecule has 0 aromatic carbocycles. The maximum absolute atomic E-state index is 5.83. The van der Waals surface area contributed by atoms with Crippen molar-refractivity contribution in [3.63, 3.8) is 0 Å². The molecule has 0 amide bonds. The second-order valence-electron chi connectivity index (χ2n) is 4.85. The lowest BCUT2D eigenvalue weighted by atomic mass is 9.90. The SMILES string of the molecule is CNCC1(C)CCN(c2ccc(Cl)cn2)C1. The van der Waals surface area contributed by atoms with Gasteiger partial charge in [0.25, 0.3) is 0 Å². The Kier molecular flexibility index (Phi) is 3.36. The molecule has 1 aliphatic rings. The summed E-state index contributed by atoms with van der Waals surface area (Å²) in [6.07, 6.45) is 2.92. The van der Waals surface area contributed by atoms with E-state index in [0.717, 1.165) is 25.5 Å². The van der Waals surface area contributed by atoms with Gasteiger partial charge in [-0.15, -0.1) is 0 Å². The molecule has 1 aromatic heterocycles. The lowest BCUT2D eigenvalue weighted by molar-refractivity contribution is 0.356. The van der Waals surface area contributed by atoms with Crippen LogP contribution in [0.25, 0.3) is 0 Å². The normalized spacial score (nSPS) is 25.1. The maximum Gasteiger partial charge on any atom is 0.128 e. The molecule has 0 spiro atoms. The number of hydrogen-bond acceptors (Lipinski definition) is 3. The zero-order valence-electron chi connectivity index (χ0n) is 9.83. The first-order chi connectivity index (χ1) is 7.63. The Labute approximate surface area is 102 Å². The highest BCUT2D eigenvalue weighted by Crippen LogP contribution is 2.31. The second-order valence-corrected chi connectivity index (χ2v) is 5.28. The number of pyridine rings is 1. The molecule has 1 aliphatic heterocycles. The van der Waals surface area contributed by atoms with Crippen LogP contribution in [0.15, 0.2) is 18.3 Å². The minimum absolute atomic E-state index is 0.357. The first-order valence-corrected chi connectivity index (χ1v) is 6.02. The molecular weight excluding hydrogens is 222 g/mol. The van der Waals surface area contributed by atoms with Gasteiger partial charge in [0, 0.05) is 25.8 Å². The number of halogens is 1. The zero-order chi connectivity index (χ0) is 11.6. The number of hydrogen-bond donors (Lipinski definition) is 1. The lowest BCUT2D eigenvalue weighted by Crippen LogP contribution is -2.33. The summed E-state index contributed by atoms with van der Waals surface area (Å²) in [7, 11) is 2.01. The van der Waals surface area contributed by atoms with Crippen LogP contribution in [-0.4, -0.2) is 31.7 Å². The standard InChI is InChI=1S/C12H18ClN3/c1-12(8-14-2)5-6-16(9-12)11-4-3-10(13)7-15-11/h3-4,7,14H,5-6,8-9H2,1-2H3. The van der Waals surface area contributed by atoms with Gasteiger partial charge < -0.3 is 10.2 Å². The lowest BCUT2D eigenvalue weighted by Gasteiger charge is -2.24. The number of anilines is 1. The van der Waals surface area contributed by atoms with Crippen molar-refractivity contribution in [2.45, 2.75) is 13.3 Å². The molecule has 0 aliphatic carbocycles. The van der Waals surface area contributed by atoms with E-state index in [1.807, 2.05) is 19.2 Å². The van der Waals surface area contributed by atoms with Gasteiger partial charge in [-0.3, -0.25) is 0 Å². The summed E-state index contributed by atoms with van der Waals surface area (Å²) in [5.41, 5.74) is 0.357. The molecule has 16 heavy (non-hydrogen) atoms. The Hall–Kier alpha value is -0.800. The molecule has 4 heteroatoms. The molecule has 2 heterocycles. The molecule has 1 aromatic rings. The van der Waals surface area contributed by atoms with Gasteiger partial charge in [-0.05, 0) is 31.0 Å². The van der Waals surface area contributed by atoms with Gasteiger partial charge >= 0.3 is 0 Å². The molecule has 0 radical (unpaired) electrons. The minimum Gasteiger partial charge on any atom is -0.356 e. The van der Waals surface area contributed by atoms with Crippen LogP contribution in [0.2, 0.25) is 5.02 Å². The summed E-state index contributed by atoms with van der Waals surface area (Å²) >= 11 is 5.83. The molecule has 88 valence electrons. The van der Waals surface area contributed by atoms with Crippen LogP contribution in [0.1, 0.15) is 13.3 Å². The average Bonchev–Trinajstić information content (AvgIpc) is 2.62. The van der Waals surface area contributed by atoms with Crippen LogP contribution in [0.4, 0.5) is 5.82 Å². The highest BCUT2D eigenvalue weighted by molar-refractivity contribution is 6.30. The van der Waals surface area contributed by atoms with Gasteiger partial charge in [0.15, 0.2) is 0 Å². The van der Waals surface area contributed by atoms with Gasteiger partial charge in [0.05, 0.1) is 5.02 Å². The van der Waals surface area contributed by atoms with E-state index in [2.05, 4.69) is 22.1 Å². The number of nitrogens with zero attached hydrogens (tertiary/aromatic N) is 2. The van der Waals surface area contributed by atoms with Gasteiger partial charge in [-0.25, -0.2) is 4.98 Å². The predicted molar refractivity (Wildman–Crippen MR) is 68.1 cm³/mol. The Bertz CT molecular complexity index is 352. The third-order valence-corrected chi connectivity index (χ3v) is 3.42. The van der Waals surface area contributed by atoms with Gasteiger partial charge in [0.2, 0.25) is 0 Å². The predicted octanol–water partition coefficient (Wildman–Crippen LogP) is 2.17. The maximum atomic E-state index is 5.83. The molecule has 1 N–H and O–H groups in total. The molecule has 1 fully saturated rings. The van der Waals surface area contributed by atoms with Crippen molar-refractivity contribution in [3.8, 4) is 0 Å². The topological polar surface area (TPSA) is 28.2 Å². The summed E-state index contributed by atoms with van der Waals surface area (Å²) in [5.74, 6) is 1.03.